The Morgan fingerprint density at radius 2 is 1.79 bits per heavy atom. The molecule has 1 amide bonds. The molecule has 8 heteroatoms. The molecule has 0 saturated carbocycles. The van der Waals surface area contributed by atoms with Gasteiger partial charge in [0.05, 0.1) is 30.2 Å². The monoisotopic (exact) mass is 395 g/mol. The Labute approximate surface area is 169 Å². The molecule has 0 N–H and O–H groups in total. The van der Waals surface area contributed by atoms with E-state index in [1.807, 2.05) is 55.2 Å². The number of carbonyl (C=O) groups excluding carboxylic acids is 1. The van der Waals surface area contributed by atoms with Gasteiger partial charge in [0.2, 0.25) is 6.79 Å². The quantitative estimate of drug-likeness (QED) is 0.664. The maximum absolute atomic E-state index is 13.5. The topological polar surface area (TPSA) is 74.4 Å². The Kier molecular flexibility index (Phi) is 4.77. The van der Waals surface area contributed by atoms with Crippen molar-refractivity contribution >= 4 is 5.91 Å². The average Bonchev–Trinajstić information content (AvgIpc) is 3.34. The summed E-state index contributed by atoms with van der Waals surface area (Å²) in [6.07, 6.45) is 0. The molecular formula is C21H25N5O3. The summed E-state index contributed by atoms with van der Waals surface area (Å²) in [6.45, 7) is 7.02. The third-order valence-corrected chi connectivity index (χ3v) is 5.37. The van der Waals surface area contributed by atoms with Gasteiger partial charge in [-0.3, -0.25) is 14.2 Å². The zero-order valence-electron chi connectivity index (χ0n) is 17.4. The van der Waals surface area contributed by atoms with Crippen LogP contribution < -0.4 is 9.47 Å². The Bertz CT molecular complexity index is 1080. The normalized spacial score (nSPS) is 12.4. The summed E-state index contributed by atoms with van der Waals surface area (Å²) in [5.74, 6) is 1.18. The lowest BCUT2D eigenvalue weighted by Crippen LogP contribution is -2.31. The number of carbonyl (C=O) groups is 1. The molecule has 1 aliphatic rings. The minimum atomic E-state index is -0.0789. The Balaban J connectivity index is 1.68. The molecule has 0 unspecified atom stereocenters. The Morgan fingerprint density at radius 3 is 2.45 bits per heavy atom. The predicted molar refractivity (Wildman–Crippen MR) is 107 cm³/mol. The van der Waals surface area contributed by atoms with Crippen molar-refractivity contribution in [2.24, 2.45) is 14.1 Å². The van der Waals surface area contributed by atoms with E-state index in [-0.39, 0.29) is 12.7 Å². The molecule has 1 aliphatic heterocycles. The number of aromatic nitrogens is 4. The number of aryl methyl sites for hydroxylation is 4. The van der Waals surface area contributed by atoms with Crippen LogP contribution in [0.15, 0.2) is 24.3 Å². The van der Waals surface area contributed by atoms with E-state index in [9.17, 15) is 4.79 Å². The molecule has 3 aromatic rings. The number of fused-ring (bicyclic) bond motifs is 1. The van der Waals surface area contributed by atoms with Gasteiger partial charge in [-0.15, -0.1) is 0 Å². The van der Waals surface area contributed by atoms with Gasteiger partial charge in [0, 0.05) is 30.9 Å². The second-order valence-electron chi connectivity index (χ2n) is 7.40. The second kappa shape index (κ2) is 7.27. The Hall–Kier alpha value is -3.29. The summed E-state index contributed by atoms with van der Waals surface area (Å²) in [5.41, 5.74) is 5.48. The van der Waals surface area contributed by atoms with Crippen LogP contribution >= 0.6 is 0 Å². The van der Waals surface area contributed by atoms with E-state index in [1.54, 1.807) is 18.2 Å². The van der Waals surface area contributed by atoms with Crippen LogP contribution in [0.2, 0.25) is 0 Å². The van der Waals surface area contributed by atoms with Crippen LogP contribution in [0.25, 0.3) is 0 Å². The van der Waals surface area contributed by atoms with Crippen molar-refractivity contribution < 1.29 is 14.3 Å². The Morgan fingerprint density at radius 1 is 1.03 bits per heavy atom. The van der Waals surface area contributed by atoms with Gasteiger partial charge in [-0.2, -0.15) is 10.2 Å². The van der Waals surface area contributed by atoms with Crippen LogP contribution in [-0.2, 0) is 27.2 Å². The van der Waals surface area contributed by atoms with E-state index in [2.05, 4.69) is 10.2 Å². The van der Waals surface area contributed by atoms with Crippen LogP contribution in [0.5, 0.6) is 11.5 Å². The maximum Gasteiger partial charge on any atom is 0.254 e. The smallest absolute Gasteiger partial charge is 0.254 e. The van der Waals surface area contributed by atoms with Crippen molar-refractivity contribution in [3.05, 3.63) is 58.2 Å². The van der Waals surface area contributed by atoms with E-state index in [1.165, 1.54) is 0 Å². The molecule has 8 nitrogen and oxygen atoms in total. The fourth-order valence-electron chi connectivity index (χ4n) is 3.66. The van der Waals surface area contributed by atoms with Crippen molar-refractivity contribution in [3.8, 4) is 11.5 Å². The SMILES string of the molecule is Cc1cc(CN(Cc2c(C)nn(C)c2C)C(=O)c2ccc3c(c2)OCO3)n(C)n1. The van der Waals surface area contributed by atoms with Crippen molar-refractivity contribution in [2.45, 2.75) is 33.9 Å². The van der Waals surface area contributed by atoms with E-state index in [0.29, 0.717) is 30.2 Å². The van der Waals surface area contributed by atoms with Gasteiger partial charge in [0.15, 0.2) is 11.5 Å². The molecule has 3 heterocycles. The van der Waals surface area contributed by atoms with Crippen LogP contribution in [0.3, 0.4) is 0 Å². The number of amides is 1. The zero-order chi connectivity index (χ0) is 20.7. The highest BCUT2D eigenvalue weighted by Crippen LogP contribution is 2.33. The molecule has 1 aromatic carbocycles. The molecule has 2 aromatic heterocycles. The molecule has 0 aliphatic carbocycles. The van der Waals surface area contributed by atoms with Gasteiger partial charge in [0.25, 0.3) is 5.91 Å². The lowest BCUT2D eigenvalue weighted by Gasteiger charge is -2.23. The van der Waals surface area contributed by atoms with Crippen LogP contribution in [0.4, 0.5) is 0 Å². The van der Waals surface area contributed by atoms with Crippen LogP contribution in [0, 0.1) is 20.8 Å². The second-order valence-corrected chi connectivity index (χ2v) is 7.40. The molecule has 4 rings (SSSR count). The van der Waals surface area contributed by atoms with Crippen molar-refractivity contribution in [3.63, 3.8) is 0 Å². The van der Waals surface area contributed by atoms with E-state index in [4.69, 9.17) is 9.47 Å². The molecule has 0 fully saturated rings. The number of hydrogen-bond donors (Lipinski definition) is 0. The first kappa shape index (κ1) is 19.0. The van der Waals surface area contributed by atoms with Crippen LogP contribution in [-0.4, -0.2) is 37.2 Å². The molecule has 152 valence electrons. The lowest BCUT2D eigenvalue weighted by molar-refractivity contribution is 0.0725. The highest BCUT2D eigenvalue weighted by Gasteiger charge is 2.24. The largest absolute Gasteiger partial charge is 0.454 e. The van der Waals surface area contributed by atoms with Gasteiger partial charge in [-0.05, 0) is 45.0 Å². The van der Waals surface area contributed by atoms with E-state index < -0.39 is 0 Å². The summed E-state index contributed by atoms with van der Waals surface area (Å²) < 4.78 is 14.5. The average molecular weight is 395 g/mol. The van der Waals surface area contributed by atoms with E-state index in [0.717, 1.165) is 28.3 Å². The minimum absolute atomic E-state index is 0.0789. The number of benzene rings is 1. The first-order valence-electron chi connectivity index (χ1n) is 9.51. The van der Waals surface area contributed by atoms with Gasteiger partial charge < -0.3 is 14.4 Å². The highest BCUT2D eigenvalue weighted by atomic mass is 16.7. The fourth-order valence-corrected chi connectivity index (χ4v) is 3.66. The molecule has 0 spiro atoms. The lowest BCUT2D eigenvalue weighted by atomic mass is 10.1. The number of ether oxygens (including phenoxy) is 2. The molecule has 0 radical (unpaired) electrons. The summed E-state index contributed by atoms with van der Waals surface area (Å²) in [5, 5.41) is 8.91. The molecule has 0 atom stereocenters. The van der Waals surface area contributed by atoms with Gasteiger partial charge in [-0.1, -0.05) is 0 Å². The van der Waals surface area contributed by atoms with Gasteiger partial charge in [0.1, 0.15) is 0 Å². The predicted octanol–water partition coefficient (Wildman–Crippen LogP) is 2.65. The first-order chi connectivity index (χ1) is 13.8. The number of rotatable bonds is 5. The van der Waals surface area contributed by atoms with Gasteiger partial charge >= 0.3 is 0 Å². The first-order valence-corrected chi connectivity index (χ1v) is 9.51. The maximum atomic E-state index is 13.5. The van der Waals surface area contributed by atoms with E-state index >= 15 is 0 Å². The fraction of sp³-hybridized carbons (Fsp3) is 0.381. The number of hydrogen-bond acceptors (Lipinski definition) is 5. The standard InChI is InChI=1S/C21H25N5O3/c1-13-8-17(25(5)22-13)10-26(11-18-14(2)23-24(4)15(18)3)21(27)16-6-7-19-20(9-16)29-12-28-19/h6-9H,10-12H2,1-5H3. The summed E-state index contributed by atoms with van der Waals surface area (Å²) in [4.78, 5) is 15.3. The molecular weight excluding hydrogens is 370 g/mol. The number of nitrogens with zero attached hydrogens (tertiary/aromatic N) is 5. The van der Waals surface area contributed by atoms with Crippen molar-refractivity contribution in [1.29, 1.82) is 0 Å². The highest BCUT2D eigenvalue weighted by molar-refractivity contribution is 5.95. The van der Waals surface area contributed by atoms with Crippen molar-refractivity contribution in [2.75, 3.05) is 6.79 Å². The molecule has 0 saturated heterocycles. The third-order valence-electron chi connectivity index (χ3n) is 5.37. The summed E-state index contributed by atoms with van der Waals surface area (Å²) in [6, 6.07) is 7.31. The summed E-state index contributed by atoms with van der Waals surface area (Å²) >= 11 is 0. The van der Waals surface area contributed by atoms with Gasteiger partial charge in [-0.25, -0.2) is 0 Å². The summed E-state index contributed by atoms with van der Waals surface area (Å²) in [7, 11) is 3.81. The third kappa shape index (κ3) is 3.57. The zero-order valence-corrected chi connectivity index (χ0v) is 17.4. The molecule has 29 heavy (non-hydrogen) atoms. The van der Waals surface area contributed by atoms with Crippen LogP contribution in [0.1, 0.15) is 38.7 Å². The molecule has 0 bridgehead atoms. The van der Waals surface area contributed by atoms with Crippen molar-refractivity contribution in [1.82, 2.24) is 24.5 Å². The minimum Gasteiger partial charge on any atom is -0.454 e.